The molecule has 1 saturated heterocycles. The molecule has 0 spiro atoms. The van der Waals surface area contributed by atoms with Crippen LogP contribution in [0.15, 0.2) is 17.1 Å². The molecule has 2 rings (SSSR count). The number of aromatic hydroxyl groups is 1. The van der Waals surface area contributed by atoms with Crippen LogP contribution < -0.4 is 5.32 Å². The topological polar surface area (TPSA) is 47.9 Å². The summed E-state index contributed by atoms with van der Waals surface area (Å²) in [5.41, 5.74) is 0.554. The van der Waals surface area contributed by atoms with Crippen molar-refractivity contribution in [2.75, 3.05) is 39.3 Å². The van der Waals surface area contributed by atoms with E-state index in [9.17, 15) is 5.11 Å². The average molecular weight is 302 g/mol. The fourth-order valence-electron chi connectivity index (χ4n) is 1.98. The number of aliphatic imine (C=N–C) groups is 1. The summed E-state index contributed by atoms with van der Waals surface area (Å²) >= 11 is 11.7. The van der Waals surface area contributed by atoms with Crippen molar-refractivity contribution >= 4 is 29.4 Å². The first-order valence-electron chi connectivity index (χ1n) is 6.28. The van der Waals surface area contributed by atoms with Crippen LogP contribution in [0.2, 0.25) is 10.0 Å². The van der Waals surface area contributed by atoms with Crippen LogP contribution in [0.5, 0.6) is 5.75 Å². The third kappa shape index (κ3) is 4.35. The molecule has 4 nitrogen and oxygen atoms in total. The Morgan fingerprint density at radius 3 is 2.79 bits per heavy atom. The van der Waals surface area contributed by atoms with Crippen LogP contribution in [0.4, 0.5) is 0 Å². The van der Waals surface area contributed by atoms with E-state index in [1.165, 1.54) is 6.07 Å². The van der Waals surface area contributed by atoms with Gasteiger partial charge in [-0.05, 0) is 12.1 Å². The lowest BCUT2D eigenvalue weighted by Crippen LogP contribution is -2.44. The number of phenols is 1. The number of hydrogen-bond donors (Lipinski definition) is 2. The van der Waals surface area contributed by atoms with Gasteiger partial charge in [0.05, 0.1) is 11.6 Å². The minimum atomic E-state index is 0.0250. The van der Waals surface area contributed by atoms with Crippen molar-refractivity contribution < 1.29 is 5.11 Å². The fraction of sp³-hybridized carbons (Fsp3) is 0.462. The van der Waals surface area contributed by atoms with E-state index in [4.69, 9.17) is 23.2 Å². The molecule has 19 heavy (non-hydrogen) atoms. The highest BCUT2D eigenvalue weighted by molar-refractivity contribution is 6.36. The normalized spacial score (nSPS) is 17.2. The zero-order chi connectivity index (χ0) is 13.7. The van der Waals surface area contributed by atoms with Crippen LogP contribution in [0.25, 0.3) is 0 Å². The van der Waals surface area contributed by atoms with Crippen molar-refractivity contribution in [3.8, 4) is 5.75 Å². The summed E-state index contributed by atoms with van der Waals surface area (Å²) in [5.74, 6) is 0.0250. The molecule has 0 saturated carbocycles. The molecule has 0 radical (unpaired) electrons. The zero-order valence-corrected chi connectivity index (χ0v) is 12.1. The van der Waals surface area contributed by atoms with Gasteiger partial charge in [-0.15, -0.1) is 0 Å². The summed E-state index contributed by atoms with van der Waals surface area (Å²) in [6, 6.07) is 3.16. The standard InChI is InChI=1S/C13H17Cl2N3O/c14-11-7-10(13(19)12(15)8-11)9-17-3-6-18-4-1-16-2-5-18/h7-9,16,19H,1-6H2. The second kappa shape index (κ2) is 7.10. The first kappa shape index (κ1) is 14.6. The molecule has 0 aliphatic carbocycles. The van der Waals surface area contributed by atoms with E-state index in [0.29, 0.717) is 17.1 Å². The molecular formula is C13H17Cl2N3O. The summed E-state index contributed by atoms with van der Waals surface area (Å²) in [6.07, 6.45) is 1.62. The van der Waals surface area contributed by atoms with Crippen LogP contribution in [-0.4, -0.2) is 55.5 Å². The molecule has 104 valence electrons. The zero-order valence-electron chi connectivity index (χ0n) is 10.6. The highest BCUT2D eigenvalue weighted by Crippen LogP contribution is 2.29. The van der Waals surface area contributed by atoms with Crippen LogP contribution >= 0.6 is 23.2 Å². The third-order valence-electron chi connectivity index (χ3n) is 3.04. The van der Waals surface area contributed by atoms with Gasteiger partial charge in [0.1, 0.15) is 5.75 Å². The van der Waals surface area contributed by atoms with E-state index >= 15 is 0 Å². The molecule has 0 unspecified atom stereocenters. The minimum absolute atomic E-state index is 0.0250. The molecule has 0 amide bonds. The van der Waals surface area contributed by atoms with Crippen molar-refractivity contribution in [2.24, 2.45) is 4.99 Å². The average Bonchev–Trinajstić information content (AvgIpc) is 2.41. The van der Waals surface area contributed by atoms with E-state index in [2.05, 4.69) is 15.2 Å². The first-order chi connectivity index (χ1) is 9.16. The predicted molar refractivity (Wildman–Crippen MR) is 79.9 cm³/mol. The fourth-order valence-corrected chi connectivity index (χ4v) is 2.49. The lowest BCUT2D eigenvalue weighted by atomic mass is 10.2. The molecule has 1 aliphatic heterocycles. The molecule has 1 aliphatic rings. The number of nitrogens with one attached hydrogen (secondary N) is 1. The van der Waals surface area contributed by atoms with Gasteiger partial charge in [-0.1, -0.05) is 23.2 Å². The summed E-state index contributed by atoms with van der Waals surface area (Å²) in [6.45, 7) is 5.81. The summed E-state index contributed by atoms with van der Waals surface area (Å²) in [5, 5.41) is 13.8. The highest BCUT2D eigenvalue weighted by Gasteiger charge is 2.08. The molecule has 1 heterocycles. The van der Waals surface area contributed by atoms with Gasteiger partial charge < -0.3 is 10.4 Å². The number of phenolic OH excluding ortho intramolecular Hbond substituents is 1. The Kier molecular flexibility index (Phi) is 5.45. The lowest BCUT2D eigenvalue weighted by Gasteiger charge is -2.26. The third-order valence-corrected chi connectivity index (χ3v) is 3.55. The Hall–Kier alpha value is -0.810. The van der Waals surface area contributed by atoms with Gasteiger partial charge in [0.25, 0.3) is 0 Å². The van der Waals surface area contributed by atoms with Crippen LogP contribution in [0.1, 0.15) is 5.56 Å². The Morgan fingerprint density at radius 1 is 1.32 bits per heavy atom. The molecule has 0 atom stereocenters. The molecule has 2 N–H and O–H groups in total. The largest absolute Gasteiger partial charge is 0.506 e. The summed E-state index contributed by atoms with van der Waals surface area (Å²) in [4.78, 5) is 6.67. The van der Waals surface area contributed by atoms with Gasteiger partial charge in [0, 0.05) is 49.5 Å². The highest BCUT2D eigenvalue weighted by atomic mass is 35.5. The van der Waals surface area contributed by atoms with E-state index in [0.717, 1.165) is 32.7 Å². The molecule has 1 aromatic rings. The Bertz CT molecular complexity index is 459. The monoisotopic (exact) mass is 301 g/mol. The van der Waals surface area contributed by atoms with Crippen molar-refractivity contribution in [1.82, 2.24) is 10.2 Å². The number of benzene rings is 1. The molecule has 0 bridgehead atoms. The molecule has 0 aromatic heterocycles. The summed E-state index contributed by atoms with van der Waals surface area (Å²) in [7, 11) is 0. The second-order valence-corrected chi connectivity index (χ2v) is 5.30. The Labute approximate surface area is 123 Å². The number of rotatable bonds is 4. The maximum Gasteiger partial charge on any atom is 0.143 e. The maximum absolute atomic E-state index is 9.77. The van der Waals surface area contributed by atoms with Gasteiger partial charge in [0.15, 0.2) is 0 Å². The van der Waals surface area contributed by atoms with Crippen LogP contribution in [0.3, 0.4) is 0 Å². The van der Waals surface area contributed by atoms with Gasteiger partial charge in [-0.3, -0.25) is 9.89 Å². The smallest absolute Gasteiger partial charge is 0.143 e. The van der Waals surface area contributed by atoms with Crippen LogP contribution in [0, 0.1) is 0 Å². The minimum Gasteiger partial charge on any atom is -0.506 e. The van der Waals surface area contributed by atoms with E-state index in [1.807, 2.05) is 0 Å². The predicted octanol–water partition coefficient (Wildman–Crippen LogP) is 2.02. The molecule has 1 aromatic carbocycles. The quantitative estimate of drug-likeness (QED) is 0.837. The number of hydrogen-bond acceptors (Lipinski definition) is 4. The van der Waals surface area contributed by atoms with Crippen molar-refractivity contribution in [3.05, 3.63) is 27.7 Å². The molecule has 6 heteroatoms. The van der Waals surface area contributed by atoms with Crippen LogP contribution in [-0.2, 0) is 0 Å². The number of halogens is 2. The number of piperazine rings is 1. The van der Waals surface area contributed by atoms with Crippen molar-refractivity contribution in [3.63, 3.8) is 0 Å². The second-order valence-electron chi connectivity index (χ2n) is 4.45. The lowest BCUT2D eigenvalue weighted by molar-refractivity contribution is 0.248. The maximum atomic E-state index is 9.77. The first-order valence-corrected chi connectivity index (χ1v) is 7.03. The SMILES string of the molecule is Oc1c(Cl)cc(Cl)cc1C=NCCN1CCNCC1. The Morgan fingerprint density at radius 2 is 2.05 bits per heavy atom. The van der Waals surface area contributed by atoms with Gasteiger partial charge >= 0.3 is 0 Å². The number of nitrogens with zero attached hydrogens (tertiary/aromatic N) is 2. The summed E-state index contributed by atoms with van der Waals surface area (Å²) < 4.78 is 0. The van der Waals surface area contributed by atoms with Gasteiger partial charge in [-0.25, -0.2) is 0 Å². The van der Waals surface area contributed by atoms with Gasteiger partial charge in [-0.2, -0.15) is 0 Å². The van der Waals surface area contributed by atoms with Crippen molar-refractivity contribution in [2.45, 2.75) is 0 Å². The Balaban J connectivity index is 1.88. The van der Waals surface area contributed by atoms with Crippen molar-refractivity contribution in [1.29, 1.82) is 0 Å². The van der Waals surface area contributed by atoms with E-state index in [-0.39, 0.29) is 10.8 Å². The van der Waals surface area contributed by atoms with E-state index < -0.39 is 0 Å². The molecular weight excluding hydrogens is 285 g/mol. The van der Waals surface area contributed by atoms with Gasteiger partial charge in [0.2, 0.25) is 0 Å². The van der Waals surface area contributed by atoms with E-state index in [1.54, 1.807) is 12.3 Å². The molecule has 1 fully saturated rings.